The highest BCUT2D eigenvalue weighted by molar-refractivity contribution is 6.36. The third-order valence-corrected chi connectivity index (χ3v) is 5.48. The van der Waals surface area contributed by atoms with Crippen LogP contribution in [0.25, 0.3) is 0 Å². The number of aromatic nitrogens is 2. The first kappa shape index (κ1) is 21.2. The molecule has 0 bridgehead atoms. The zero-order valence-electron chi connectivity index (χ0n) is 16.5. The number of nitrogens with one attached hydrogen (secondary N) is 2. The molecule has 1 saturated carbocycles. The Morgan fingerprint density at radius 3 is 2.55 bits per heavy atom. The van der Waals surface area contributed by atoms with Gasteiger partial charge in [0.1, 0.15) is 11.6 Å². The summed E-state index contributed by atoms with van der Waals surface area (Å²) in [4.78, 5) is 24.3. The van der Waals surface area contributed by atoms with Crippen LogP contribution in [0.1, 0.15) is 18.4 Å². The minimum atomic E-state index is -0.348. The van der Waals surface area contributed by atoms with E-state index < -0.39 is 0 Å². The van der Waals surface area contributed by atoms with E-state index in [4.69, 9.17) is 27.9 Å². The summed E-state index contributed by atoms with van der Waals surface area (Å²) in [6.07, 6.45) is 3.44. The molecule has 0 radical (unpaired) electrons. The number of carbonyl (C=O) groups is 2. The molecule has 0 saturated heterocycles. The van der Waals surface area contributed by atoms with Crippen molar-refractivity contribution in [3.05, 3.63) is 70.3 Å². The molecule has 31 heavy (non-hydrogen) atoms. The van der Waals surface area contributed by atoms with Crippen molar-refractivity contribution in [2.75, 3.05) is 17.2 Å². The van der Waals surface area contributed by atoms with Gasteiger partial charge in [0.15, 0.2) is 6.61 Å². The van der Waals surface area contributed by atoms with Crippen LogP contribution in [0.2, 0.25) is 10.0 Å². The highest BCUT2D eigenvalue weighted by Crippen LogP contribution is 2.30. The van der Waals surface area contributed by atoms with Crippen molar-refractivity contribution < 1.29 is 14.3 Å². The average molecular weight is 459 g/mol. The molecular weight excluding hydrogens is 439 g/mol. The summed E-state index contributed by atoms with van der Waals surface area (Å²) in [5, 5.41) is 10.9. The fraction of sp³-hybridized carbons (Fsp3) is 0.227. The predicted molar refractivity (Wildman–Crippen MR) is 120 cm³/mol. The summed E-state index contributed by atoms with van der Waals surface area (Å²) in [5.41, 5.74) is 1.36. The maximum atomic E-state index is 12.4. The van der Waals surface area contributed by atoms with Crippen molar-refractivity contribution in [2.45, 2.75) is 19.4 Å². The average Bonchev–Trinajstić information content (AvgIpc) is 3.51. The van der Waals surface area contributed by atoms with Crippen LogP contribution in [0, 0.1) is 5.92 Å². The Balaban J connectivity index is 1.34. The SMILES string of the molecule is O=C(COc1cccc(NC(=O)C2CC2)c1)Nc1ccnn1Cc1c(Cl)cccc1Cl. The smallest absolute Gasteiger partial charge is 0.263 e. The van der Waals surface area contributed by atoms with Gasteiger partial charge < -0.3 is 15.4 Å². The normalized spacial score (nSPS) is 13.0. The second-order valence-corrected chi connectivity index (χ2v) is 8.02. The van der Waals surface area contributed by atoms with E-state index in [0.29, 0.717) is 39.4 Å². The monoisotopic (exact) mass is 458 g/mol. The van der Waals surface area contributed by atoms with Crippen molar-refractivity contribution in [1.82, 2.24) is 9.78 Å². The number of benzene rings is 2. The number of hydrogen-bond donors (Lipinski definition) is 2. The Labute approximate surface area is 189 Å². The number of carbonyl (C=O) groups excluding carboxylic acids is 2. The number of ether oxygens (including phenoxy) is 1. The van der Waals surface area contributed by atoms with Gasteiger partial charge in [0, 0.05) is 39.3 Å². The molecule has 0 spiro atoms. The van der Waals surface area contributed by atoms with Gasteiger partial charge >= 0.3 is 0 Å². The van der Waals surface area contributed by atoms with Gasteiger partial charge in [0.25, 0.3) is 5.91 Å². The number of halogens is 2. The van der Waals surface area contributed by atoms with Gasteiger partial charge in [0.2, 0.25) is 5.91 Å². The van der Waals surface area contributed by atoms with Gasteiger partial charge in [-0.05, 0) is 37.1 Å². The van der Waals surface area contributed by atoms with E-state index in [1.165, 1.54) is 0 Å². The van der Waals surface area contributed by atoms with E-state index in [1.807, 2.05) is 0 Å². The standard InChI is InChI=1S/C22H20Cl2N4O3/c23-18-5-2-6-19(24)17(18)12-28-20(9-10-25-28)27-21(29)13-31-16-4-1-3-15(11-16)26-22(30)14-7-8-14/h1-6,9-11,14H,7-8,12-13H2,(H,26,30)(H,27,29). The van der Waals surface area contributed by atoms with Crippen LogP contribution >= 0.6 is 23.2 Å². The molecule has 1 aliphatic carbocycles. The molecule has 2 aromatic carbocycles. The molecule has 0 atom stereocenters. The van der Waals surface area contributed by atoms with E-state index >= 15 is 0 Å². The molecule has 1 aliphatic rings. The molecule has 160 valence electrons. The highest BCUT2D eigenvalue weighted by Gasteiger charge is 2.29. The van der Waals surface area contributed by atoms with E-state index in [2.05, 4.69) is 15.7 Å². The molecular formula is C22H20Cl2N4O3. The summed E-state index contributed by atoms with van der Waals surface area (Å²) >= 11 is 12.5. The highest BCUT2D eigenvalue weighted by atomic mass is 35.5. The first-order valence-corrected chi connectivity index (χ1v) is 10.5. The van der Waals surface area contributed by atoms with Crippen LogP contribution in [0.5, 0.6) is 5.75 Å². The fourth-order valence-corrected chi connectivity index (χ4v) is 3.50. The van der Waals surface area contributed by atoms with Crippen molar-refractivity contribution in [3.8, 4) is 5.75 Å². The van der Waals surface area contributed by atoms with Crippen LogP contribution in [-0.2, 0) is 16.1 Å². The molecule has 1 heterocycles. The topological polar surface area (TPSA) is 85.2 Å². The van der Waals surface area contributed by atoms with Gasteiger partial charge in [0.05, 0.1) is 12.7 Å². The Kier molecular flexibility index (Phi) is 6.44. The lowest BCUT2D eigenvalue weighted by atomic mass is 10.2. The molecule has 7 nitrogen and oxygen atoms in total. The zero-order chi connectivity index (χ0) is 21.8. The lowest BCUT2D eigenvalue weighted by molar-refractivity contribution is -0.118. The number of hydrogen-bond acceptors (Lipinski definition) is 4. The summed E-state index contributed by atoms with van der Waals surface area (Å²) in [6.45, 7) is 0.114. The maximum Gasteiger partial charge on any atom is 0.263 e. The largest absolute Gasteiger partial charge is 0.484 e. The van der Waals surface area contributed by atoms with Crippen LogP contribution in [-0.4, -0.2) is 28.2 Å². The molecule has 2 amide bonds. The molecule has 9 heteroatoms. The van der Waals surface area contributed by atoms with E-state index in [-0.39, 0.29) is 24.3 Å². The second-order valence-electron chi connectivity index (χ2n) is 7.20. The Morgan fingerprint density at radius 1 is 1.06 bits per heavy atom. The maximum absolute atomic E-state index is 12.4. The Bertz CT molecular complexity index is 1090. The Hall–Kier alpha value is -3.03. The van der Waals surface area contributed by atoms with E-state index in [0.717, 1.165) is 12.8 Å². The minimum absolute atomic E-state index is 0.0155. The van der Waals surface area contributed by atoms with Crippen molar-refractivity contribution in [2.24, 2.45) is 5.92 Å². The number of anilines is 2. The molecule has 3 aromatic rings. The quantitative estimate of drug-likeness (QED) is 0.516. The zero-order valence-corrected chi connectivity index (χ0v) is 18.0. The van der Waals surface area contributed by atoms with E-state index in [9.17, 15) is 9.59 Å². The molecule has 0 unspecified atom stereocenters. The van der Waals surface area contributed by atoms with Crippen LogP contribution in [0.3, 0.4) is 0 Å². The van der Waals surface area contributed by atoms with Gasteiger partial charge in [-0.3, -0.25) is 9.59 Å². The van der Waals surface area contributed by atoms with Gasteiger partial charge in [-0.15, -0.1) is 0 Å². The number of rotatable bonds is 8. The second kappa shape index (κ2) is 9.41. The third kappa shape index (κ3) is 5.57. The number of amides is 2. The first-order chi connectivity index (χ1) is 15.0. The van der Waals surface area contributed by atoms with Crippen LogP contribution in [0.15, 0.2) is 54.7 Å². The van der Waals surface area contributed by atoms with Gasteiger partial charge in [-0.25, -0.2) is 4.68 Å². The van der Waals surface area contributed by atoms with Gasteiger partial charge in [-0.2, -0.15) is 5.10 Å². The molecule has 0 aliphatic heterocycles. The molecule has 2 N–H and O–H groups in total. The number of nitrogens with zero attached hydrogens (tertiary/aromatic N) is 2. The fourth-order valence-electron chi connectivity index (χ4n) is 2.98. The van der Waals surface area contributed by atoms with Gasteiger partial charge in [-0.1, -0.05) is 35.3 Å². The summed E-state index contributed by atoms with van der Waals surface area (Å²) in [5.74, 6) is 0.761. The minimum Gasteiger partial charge on any atom is -0.484 e. The lowest BCUT2D eigenvalue weighted by Gasteiger charge is -2.12. The third-order valence-electron chi connectivity index (χ3n) is 4.77. The lowest BCUT2D eigenvalue weighted by Crippen LogP contribution is -2.22. The van der Waals surface area contributed by atoms with Crippen LogP contribution in [0.4, 0.5) is 11.5 Å². The molecule has 4 rings (SSSR count). The summed E-state index contributed by atoms with van der Waals surface area (Å²) in [7, 11) is 0. The summed E-state index contributed by atoms with van der Waals surface area (Å²) in [6, 6.07) is 13.9. The molecule has 1 fully saturated rings. The Morgan fingerprint density at radius 2 is 1.81 bits per heavy atom. The van der Waals surface area contributed by atoms with E-state index in [1.54, 1.807) is 59.4 Å². The molecule has 1 aromatic heterocycles. The van der Waals surface area contributed by atoms with Crippen molar-refractivity contribution in [3.63, 3.8) is 0 Å². The predicted octanol–water partition coefficient (Wildman–Crippen LogP) is 4.60. The van der Waals surface area contributed by atoms with Crippen molar-refractivity contribution >= 4 is 46.5 Å². The van der Waals surface area contributed by atoms with Crippen LogP contribution < -0.4 is 15.4 Å². The van der Waals surface area contributed by atoms with Crippen molar-refractivity contribution in [1.29, 1.82) is 0 Å². The summed E-state index contributed by atoms with van der Waals surface area (Å²) < 4.78 is 7.17. The first-order valence-electron chi connectivity index (χ1n) is 9.78.